The van der Waals surface area contributed by atoms with Crippen LogP contribution in [0.15, 0.2) is 36.4 Å². The van der Waals surface area contributed by atoms with E-state index in [-0.39, 0.29) is 36.1 Å². The van der Waals surface area contributed by atoms with E-state index in [9.17, 15) is 24.3 Å². The second-order valence-electron chi connectivity index (χ2n) is 7.51. The Morgan fingerprint density at radius 1 is 1.00 bits per heavy atom. The topological polar surface area (TPSA) is 210 Å². The number of hydrogen-bond acceptors (Lipinski definition) is 9. The standard InChI is InChI=1S/C22H23N7O6/c1-11(30)25-19-18-15(28-22(23)29-19)7-6-14(26-18)10-24-13-4-2-12(3-5-13)20(33)27-16(21(34)35)8-9-17(31)32/h2-7,16,24H,8-10H2,1H3,(H,27,33)(H,31,32)(H,34,35)(H3,23,25,28,29,30). The van der Waals surface area contributed by atoms with Gasteiger partial charge in [0.25, 0.3) is 5.91 Å². The zero-order chi connectivity index (χ0) is 25.5. The number of nitrogen functional groups attached to an aromatic ring is 1. The molecule has 182 valence electrons. The highest BCUT2D eigenvalue weighted by Crippen LogP contribution is 2.20. The van der Waals surface area contributed by atoms with Gasteiger partial charge in [0.1, 0.15) is 11.6 Å². The lowest BCUT2D eigenvalue weighted by Crippen LogP contribution is -2.41. The van der Waals surface area contributed by atoms with Crippen LogP contribution >= 0.6 is 0 Å². The van der Waals surface area contributed by atoms with Gasteiger partial charge in [-0.05, 0) is 42.8 Å². The zero-order valence-electron chi connectivity index (χ0n) is 18.6. The van der Waals surface area contributed by atoms with Gasteiger partial charge in [0.15, 0.2) is 5.82 Å². The summed E-state index contributed by atoms with van der Waals surface area (Å²) < 4.78 is 0. The summed E-state index contributed by atoms with van der Waals surface area (Å²) in [5.74, 6) is -3.19. The Morgan fingerprint density at radius 3 is 2.34 bits per heavy atom. The van der Waals surface area contributed by atoms with Crippen LogP contribution in [-0.2, 0) is 20.9 Å². The van der Waals surface area contributed by atoms with Crippen molar-refractivity contribution in [3.63, 3.8) is 0 Å². The second-order valence-corrected chi connectivity index (χ2v) is 7.51. The van der Waals surface area contributed by atoms with Crippen LogP contribution in [0.5, 0.6) is 0 Å². The summed E-state index contributed by atoms with van der Waals surface area (Å²) >= 11 is 0. The number of benzene rings is 1. The predicted octanol–water partition coefficient (Wildman–Crippen LogP) is 1.23. The van der Waals surface area contributed by atoms with Crippen molar-refractivity contribution in [3.8, 4) is 0 Å². The Balaban J connectivity index is 1.66. The molecule has 13 nitrogen and oxygen atoms in total. The van der Waals surface area contributed by atoms with Gasteiger partial charge in [0, 0.05) is 24.6 Å². The molecular weight excluding hydrogens is 458 g/mol. The molecule has 0 spiro atoms. The number of aromatic nitrogens is 3. The van der Waals surface area contributed by atoms with Crippen LogP contribution < -0.4 is 21.7 Å². The number of pyridine rings is 1. The number of aliphatic carboxylic acids is 2. The quantitative estimate of drug-likeness (QED) is 0.242. The Labute approximate surface area is 198 Å². The monoisotopic (exact) mass is 481 g/mol. The van der Waals surface area contributed by atoms with Crippen molar-refractivity contribution < 1.29 is 29.4 Å². The summed E-state index contributed by atoms with van der Waals surface area (Å²) in [6.45, 7) is 1.65. The number of rotatable bonds is 10. The number of carbonyl (C=O) groups excluding carboxylic acids is 2. The van der Waals surface area contributed by atoms with Gasteiger partial charge in [-0.3, -0.25) is 14.4 Å². The highest BCUT2D eigenvalue weighted by atomic mass is 16.4. The van der Waals surface area contributed by atoms with Crippen molar-refractivity contribution in [2.24, 2.45) is 0 Å². The molecule has 2 heterocycles. The van der Waals surface area contributed by atoms with E-state index in [1.807, 2.05) is 0 Å². The number of carbonyl (C=O) groups is 4. The van der Waals surface area contributed by atoms with E-state index in [0.29, 0.717) is 29.0 Å². The molecule has 2 amide bonds. The molecule has 35 heavy (non-hydrogen) atoms. The molecule has 3 rings (SSSR count). The third-order valence-electron chi connectivity index (χ3n) is 4.78. The fourth-order valence-corrected chi connectivity index (χ4v) is 3.12. The first kappa shape index (κ1) is 24.8. The number of amides is 2. The third kappa shape index (κ3) is 6.83. The average molecular weight is 481 g/mol. The van der Waals surface area contributed by atoms with Gasteiger partial charge in [-0.1, -0.05) is 0 Å². The first-order valence-corrected chi connectivity index (χ1v) is 10.4. The fourth-order valence-electron chi connectivity index (χ4n) is 3.12. The number of nitrogens with two attached hydrogens (primary N) is 1. The Kier molecular flexibility index (Phi) is 7.71. The van der Waals surface area contributed by atoms with Gasteiger partial charge in [0.2, 0.25) is 11.9 Å². The average Bonchev–Trinajstić information content (AvgIpc) is 2.80. The normalized spacial score (nSPS) is 11.5. The minimum Gasteiger partial charge on any atom is -0.481 e. The number of carboxylic acids is 2. The Bertz CT molecular complexity index is 1280. The van der Waals surface area contributed by atoms with Gasteiger partial charge < -0.3 is 31.9 Å². The number of nitrogens with zero attached hydrogens (tertiary/aromatic N) is 3. The van der Waals surface area contributed by atoms with Gasteiger partial charge in [-0.2, -0.15) is 4.98 Å². The molecule has 3 aromatic rings. The van der Waals surface area contributed by atoms with Crippen LogP contribution in [-0.4, -0.2) is 55.0 Å². The van der Waals surface area contributed by atoms with Crippen molar-refractivity contribution in [2.75, 3.05) is 16.4 Å². The van der Waals surface area contributed by atoms with Crippen LogP contribution in [0.4, 0.5) is 17.5 Å². The summed E-state index contributed by atoms with van der Waals surface area (Å²) in [5.41, 5.74) is 8.05. The van der Waals surface area contributed by atoms with Gasteiger partial charge in [0.05, 0.1) is 17.8 Å². The molecule has 0 radical (unpaired) electrons. The zero-order valence-corrected chi connectivity index (χ0v) is 18.6. The van der Waals surface area contributed by atoms with E-state index in [4.69, 9.17) is 10.8 Å². The SMILES string of the molecule is CC(=O)Nc1nc(N)nc2ccc(CNc3ccc(C(=O)NC(CCC(=O)O)C(=O)O)cc3)nc12. The molecule has 7 N–H and O–H groups in total. The Morgan fingerprint density at radius 2 is 1.71 bits per heavy atom. The smallest absolute Gasteiger partial charge is 0.326 e. The number of nitrogens with one attached hydrogen (secondary N) is 3. The molecule has 0 bridgehead atoms. The third-order valence-corrected chi connectivity index (χ3v) is 4.78. The summed E-state index contributed by atoms with van der Waals surface area (Å²) in [5, 5.41) is 26.0. The fraction of sp³-hybridized carbons (Fsp3) is 0.227. The molecular formula is C22H23N7O6. The van der Waals surface area contributed by atoms with Crippen LogP contribution in [0.3, 0.4) is 0 Å². The molecule has 0 fully saturated rings. The molecule has 0 aliphatic heterocycles. The van der Waals surface area contributed by atoms with Gasteiger partial charge in [-0.15, -0.1) is 0 Å². The summed E-state index contributed by atoms with van der Waals surface area (Å²) in [6.07, 6.45) is -0.606. The maximum absolute atomic E-state index is 12.3. The summed E-state index contributed by atoms with van der Waals surface area (Å²) in [7, 11) is 0. The highest BCUT2D eigenvalue weighted by Gasteiger charge is 2.21. The number of hydrogen-bond donors (Lipinski definition) is 6. The first-order valence-electron chi connectivity index (χ1n) is 10.4. The van der Waals surface area contributed by atoms with Crippen LogP contribution in [0.2, 0.25) is 0 Å². The number of carboxylic acid groups (broad SMARTS) is 2. The van der Waals surface area contributed by atoms with Crippen LogP contribution in [0.25, 0.3) is 11.0 Å². The maximum Gasteiger partial charge on any atom is 0.326 e. The highest BCUT2D eigenvalue weighted by molar-refractivity contribution is 5.97. The first-order chi connectivity index (χ1) is 16.6. The van der Waals surface area contributed by atoms with E-state index >= 15 is 0 Å². The largest absolute Gasteiger partial charge is 0.481 e. The number of anilines is 3. The van der Waals surface area contributed by atoms with E-state index in [0.717, 1.165) is 0 Å². The molecule has 2 aromatic heterocycles. The van der Waals surface area contributed by atoms with E-state index in [2.05, 4.69) is 30.9 Å². The van der Waals surface area contributed by atoms with Gasteiger partial charge >= 0.3 is 11.9 Å². The summed E-state index contributed by atoms with van der Waals surface area (Å²) in [4.78, 5) is 58.4. The van der Waals surface area contributed by atoms with Crippen LogP contribution in [0.1, 0.15) is 35.8 Å². The molecule has 0 saturated heterocycles. The summed E-state index contributed by atoms with van der Waals surface area (Å²) in [6, 6.07) is 8.42. The van der Waals surface area contributed by atoms with Crippen LogP contribution in [0, 0.1) is 0 Å². The van der Waals surface area contributed by atoms with Crippen molar-refractivity contribution in [1.29, 1.82) is 0 Å². The van der Waals surface area contributed by atoms with E-state index in [1.54, 1.807) is 24.3 Å². The molecule has 0 aliphatic rings. The molecule has 1 aromatic carbocycles. The lowest BCUT2D eigenvalue weighted by Gasteiger charge is -2.14. The van der Waals surface area contributed by atoms with Crippen molar-refractivity contribution in [2.45, 2.75) is 32.4 Å². The molecule has 0 aliphatic carbocycles. The minimum atomic E-state index is -1.31. The number of fused-ring (bicyclic) bond motifs is 1. The lowest BCUT2D eigenvalue weighted by molar-refractivity contribution is -0.140. The molecule has 1 unspecified atom stereocenters. The molecule has 13 heteroatoms. The van der Waals surface area contributed by atoms with E-state index in [1.165, 1.54) is 19.1 Å². The molecule has 1 atom stereocenters. The minimum absolute atomic E-state index is 0.00890. The van der Waals surface area contributed by atoms with Crippen molar-refractivity contribution in [1.82, 2.24) is 20.3 Å². The van der Waals surface area contributed by atoms with Gasteiger partial charge in [-0.25, -0.2) is 14.8 Å². The van der Waals surface area contributed by atoms with E-state index < -0.39 is 23.9 Å². The van der Waals surface area contributed by atoms with Crippen molar-refractivity contribution in [3.05, 3.63) is 47.7 Å². The maximum atomic E-state index is 12.3. The van der Waals surface area contributed by atoms with Crippen molar-refractivity contribution >= 4 is 52.2 Å². The molecule has 0 saturated carbocycles. The predicted molar refractivity (Wildman–Crippen MR) is 126 cm³/mol. The lowest BCUT2D eigenvalue weighted by atomic mass is 10.1. The second kappa shape index (κ2) is 10.9. The Hall–Kier alpha value is -4.81.